The molecule has 0 spiro atoms. The number of hydrogen-bond donors (Lipinski definition) is 0. The quantitative estimate of drug-likeness (QED) is 0.373. The summed E-state index contributed by atoms with van der Waals surface area (Å²) >= 11 is 1.12. The molecule has 2 aromatic carbocycles. The second kappa shape index (κ2) is 10.1. The topological polar surface area (TPSA) is 79.1 Å². The molecular formula is C26H23FN2O5S. The van der Waals surface area contributed by atoms with E-state index in [1.165, 1.54) is 30.9 Å². The summed E-state index contributed by atoms with van der Waals surface area (Å²) in [6, 6.07) is 10.5. The van der Waals surface area contributed by atoms with Crippen molar-refractivity contribution in [2.24, 2.45) is 4.99 Å². The van der Waals surface area contributed by atoms with Gasteiger partial charge < -0.3 is 14.2 Å². The fraction of sp³-hybridized carbons (Fsp3) is 0.192. The van der Waals surface area contributed by atoms with Crippen LogP contribution in [0.4, 0.5) is 4.39 Å². The van der Waals surface area contributed by atoms with Crippen molar-refractivity contribution in [2.45, 2.75) is 13.0 Å². The second-order valence-electron chi connectivity index (χ2n) is 7.60. The summed E-state index contributed by atoms with van der Waals surface area (Å²) in [6.45, 7) is 5.62. The van der Waals surface area contributed by atoms with Crippen molar-refractivity contribution in [3.63, 3.8) is 0 Å². The van der Waals surface area contributed by atoms with Crippen LogP contribution in [0.3, 0.4) is 0 Å². The summed E-state index contributed by atoms with van der Waals surface area (Å²) < 4.78 is 32.1. The van der Waals surface area contributed by atoms with E-state index in [1.54, 1.807) is 49.4 Å². The second-order valence-corrected chi connectivity index (χ2v) is 8.61. The minimum atomic E-state index is -0.830. The summed E-state index contributed by atoms with van der Waals surface area (Å²) in [4.78, 5) is 31.3. The molecule has 0 saturated carbocycles. The highest BCUT2D eigenvalue weighted by atomic mass is 32.1. The number of carbonyl (C=O) groups excluding carboxylic acids is 1. The summed E-state index contributed by atoms with van der Waals surface area (Å²) in [5, 5.41) is 0. The molecule has 0 fully saturated rings. The number of aromatic nitrogens is 1. The highest BCUT2D eigenvalue weighted by Crippen LogP contribution is 2.36. The summed E-state index contributed by atoms with van der Waals surface area (Å²) in [5.74, 6) is -0.133. The molecule has 0 saturated heterocycles. The number of hydrogen-bond acceptors (Lipinski definition) is 7. The van der Waals surface area contributed by atoms with E-state index in [0.29, 0.717) is 27.6 Å². The molecule has 2 heterocycles. The Morgan fingerprint density at radius 2 is 2.00 bits per heavy atom. The van der Waals surface area contributed by atoms with Crippen LogP contribution in [0.25, 0.3) is 6.08 Å². The summed E-state index contributed by atoms with van der Waals surface area (Å²) in [7, 11) is 2.78. The van der Waals surface area contributed by atoms with E-state index in [2.05, 4.69) is 11.6 Å². The number of carbonyl (C=O) groups is 1. The van der Waals surface area contributed by atoms with Crippen LogP contribution in [0.2, 0.25) is 0 Å². The molecule has 3 aromatic rings. The third-order valence-corrected chi connectivity index (χ3v) is 6.46. The standard InChI is InChI=1S/C26H23FN2O5S/c1-5-12-34-19-11-10-17(13-20(19)32-3)23-22(25(31)33-4)15(2)28-26-29(23)24(30)21(35-26)14-16-8-6-7-9-18(16)27/h5-11,13-14,23H,1,12H2,2-4H3/b21-14+. The molecule has 0 N–H and O–H groups in total. The van der Waals surface area contributed by atoms with Crippen molar-refractivity contribution in [2.75, 3.05) is 20.8 Å². The number of ether oxygens (including phenoxy) is 3. The molecule has 1 aliphatic heterocycles. The molecule has 0 bridgehead atoms. The maximum atomic E-state index is 14.3. The van der Waals surface area contributed by atoms with Crippen LogP contribution in [-0.2, 0) is 9.53 Å². The van der Waals surface area contributed by atoms with Crippen LogP contribution in [0, 0.1) is 5.82 Å². The summed E-state index contributed by atoms with van der Waals surface area (Å²) in [6.07, 6.45) is 3.10. The monoisotopic (exact) mass is 494 g/mol. The van der Waals surface area contributed by atoms with Crippen LogP contribution < -0.4 is 24.4 Å². The Labute approximate surface area is 204 Å². The minimum absolute atomic E-state index is 0.221. The number of nitrogens with zero attached hydrogens (tertiary/aromatic N) is 2. The van der Waals surface area contributed by atoms with Gasteiger partial charge in [0.25, 0.3) is 5.56 Å². The van der Waals surface area contributed by atoms with E-state index in [-0.39, 0.29) is 22.3 Å². The first-order chi connectivity index (χ1) is 16.9. The highest BCUT2D eigenvalue weighted by molar-refractivity contribution is 7.07. The zero-order valence-corrected chi connectivity index (χ0v) is 20.2. The largest absolute Gasteiger partial charge is 0.493 e. The van der Waals surface area contributed by atoms with Gasteiger partial charge in [-0.2, -0.15) is 0 Å². The Morgan fingerprint density at radius 1 is 1.23 bits per heavy atom. The van der Waals surface area contributed by atoms with Crippen molar-refractivity contribution >= 4 is 23.4 Å². The van der Waals surface area contributed by atoms with E-state index in [0.717, 1.165) is 11.3 Å². The fourth-order valence-corrected chi connectivity index (χ4v) is 4.90. The van der Waals surface area contributed by atoms with Gasteiger partial charge in [-0.3, -0.25) is 9.36 Å². The van der Waals surface area contributed by atoms with Crippen molar-refractivity contribution in [3.8, 4) is 11.5 Å². The molecule has 4 rings (SSSR count). The van der Waals surface area contributed by atoms with Gasteiger partial charge in [-0.15, -0.1) is 0 Å². The number of esters is 1. The molecule has 35 heavy (non-hydrogen) atoms. The van der Waals surface area contributed by atoms with E-state index in [9.17, 15) is 14.0 Å². The molecule has 9 heteroatoms. The van der Waals surface area contributed by atoms with Gasteiger partial charge in [0.1, 0.15) is 12.4 Å². The molecule has 0 amide bonds. The first kappa shape index (κ1) is 24.2. The average molecular weight is 495 g/mol. The molecule has 0 aliphatic carbocycles. The van der Waals surface area contributed by atoms with Crippen LogP contribution in [0.5, 0.6) is 11.5 Å². The smallest absolute Gasteiger partial charge is 0.338 e. The third kappa shape index (κ3) is 4.54. The molecule has 1 aliphatic rings. The molecular weight excluding hydrogens is 471 g/mol. The first-order valence-corrected chi connectivity index (χ1v) is 11.5. The van der Waals surface area contributed by atoms with Gasteiger partial charge in [-0.1, -0.05) is 48.3 Å². The normalized spacial score (nSPS) is 15.3. The van der Waals surface area contributed by atoms with Gasteiger partial charge in [0.15, 0.2) is 16.3 Å². The van der Waals surface area contributed by atoms with E-state index < -0.39 is 23.4 Å². The van der Waals surface area contributed by atoms with Gasteiger partial charge in [0.05, 0.1) is 36.1 Å². The summed E-state index contributed by atoms with van der Waals surface area (Å²) in [5.41, 5.74) is 1.12. The van der Waals surface area contributed by atoms with Crippen LogP contribution in [0.15, 0.2) is 76.2 Å². The van der Waals surface area contributed by atoms with Gasteiger partial charge in [0, 0.05) is 5.56 Å². The number of methoxy groups -OCH3 is 2. The predicted molar refractivity (Wildman–Crippen MR) is 131 cm³/mol. The Bertz CT molecular complexity index is 1520. The SMILES string of the molecule is C=CCOc1ccc(C2C(C(=O)OC)=C(C)N=c3s/c(=C/c4ccccc4F)c(=O)n32)cc1OC. The van der Waals surface area contributed by atoms with E-state index in [1.807, 2.05) is 0 Å². The molecule has 0 radical (unpaired) electrons. The van der Waals surface area contributed by atoms with E-state index in [4.69, 9.17) is 14.2 Å². The minimum Gasteiger partial charge on any atom is -0.493 e. The molecule has 1 aromatic heterocycles. The lowest BCUT2D eigenvalue weighted by atomic mass is 9.95. The Kier molecular flexibility index (Phi) is 6.97. The lowest BCUT2D eigenvalue weighted by Crippen LogP contribution is -2.39. The van der Waals surface area contributed by atoms with Gasteiger partial charge in [-0.05, 0) is 36.8 Å². The Morgan fingerprint density at radius 3 is 2.69 bits per heavy atom. The number of benzene rings is 2. The average Bonchev–Trinajstić information content (AvgIpc) is 3.17. The molecule has 1 atom stereocenters. The lowest BCUT2D eigenvalue weighted by molar-refractivity contribution is -0.136. The highest BCUT2D eigenvalue weighted by Gasteiger charge is 2.33. The van der Waals surface area contributed by atoms with Crippen molar-refractivity contribution in [1.82, 2.24) is 4.57 Å². The van der Waals surface area contributed by atoms with Gasteiger partial charge >= 0.3 is 5.97 Å². The zero-order chi connectivity index (χ0) is 25.1. The van der Waals surface area contributed by atoms with Crippen molar-refractivity contribution < 1.29 is 23.4 Å². The molecule has 7 nitrogen and oxygen atoms in total. The number of thiazole rings is 1. The van der Waals surface area contributed by atoms with Crippen LogP contribution in [-0.4, -0.2) is 31.4 Å². The van der Waals surface area contributed by atoms with Crippen molar-refractivity contribution in [1.29, 1.82) is 0 Å². The van der Waals surface area contributed by atoms with Crippen LogP contribution >= 0.6 is 11.3 Å². The van der Waals surface area contributed by atoms with Crippen molar-refractivity contribution in [3.05, 3.63) is 103 Å². The van der Waals surface area contributed by atoms with Crippen LogP contribution in [0.1, 0.15) is 24.1 Å². The Balaban J connectivity index is 1.95. The maximum Gasteiger partial charge on any atom is 0.338 e. The van der Waals surface area contributed by atoms with E-state index >= 15 is 0 Å². The molecule has 1 unspecified atom stereocenters. The van der Waals surface area contributed by atoms with Gasteiger partial charge in [-0.25, -0.2) is 14.2 Å². The predicted octanol–water partition coefficient (Wildman–Crippen LogP) is 3.12. The number of allylic oxidation sites excluding steroid dienone is 1. The zero-order valence-electron chi connectivity index (χ0n) is 19.4. The molecule has 180 valence electrons. The lowest BCUT2D eigenvalue weighted by Gasteiger charge is -2.25. The maximum absolute atomic E-state index is 14.3. The third-order valence-electron chi connectivity index (χ3n) is 5.48. The number of rotatable bonds is 7. The number of halogens is 1. The fourth-order valence-electron chi connectivity index (χ4n) is 3.86. The Hall–Kier alpha value is -3.98. The van der Waals surface area contributed by atoms with Gasteiger partial charge in [0.2, 0.25) is 0 Å². The number of fused-ring (bicyclic) bond motifs is 1. The first-order valence-electron chi connectivity index (χ1n) is 10.7.